The molecule has 5 rings (SSSR count). The molecular weight excluding hydrogens is 429 g/mol. The number of hydrogen-bond acceptors (Lipinski definition) is 7. The van der Waals surface area contributed by atoms with Crippen LogP contribution in [0.4, 0.5) is 10.1 Å². The third-order valence-corrected chi connectivity index (χ3v) is 6.50. The summed E-state index contributed by atoms with van der Waals surface area (Å²) in [6.45, 7) is 2.29. The molecule has 3 aliphatic rings. The molecule has 3 heterocycles. The highest BCUT2D eigenvalue weighted by atomic mass is 19.1. The van der Waals surface area contributed by atoms with E-state index in [1.807, 2.05) is 4.90 Å². The smallest absolute Gasteiger partial charge is 0.268 e. The Bertz CT molecular complexity index is 1060. The van der Waals surface area contributed by atoms with Gasteiger partial charge in [0.25, 0.3) is 5.91 Å². The number of Topliss-reactive ketones (excluding diaryl/α,β-unsaturated/α-hetero) is 1. The minimum atomic E-state index is -0.706. The van der Waals surface area contributed by atoms with Crippen molar-refractivity contribution in [3.8, 4) is 11.6 Å². The van der Waals surface area contributed by atoms with Crippen molar-refractivity contribution in [3.05, 3.63) is 47.4 Å². The number of fused-ring (bicyclic) bond motifs is 1. The van der Waals surface area contributed by atoms with Gasteiger partial charge in [-0.1, -0.05) is 0 Å². The van der Waals surface area contributed by atoms with Crippen LogP contribution in [0.3, 0.4) is 0 Å². The molecule has 1 N–H and O–H groups in total. The fraction of sp³-hybridized carbons (Fsp3) is 0.458. The number of hydrogen-bond donors (Lipinski definition) is 1. The molecular formula is C24H26FN3O5. The van der Waals surface area contributed by atoms with Gasteiger partial charge < -0.3 is 19.5 Å². The standard InChI is InChI=1S/C24H26FN3O5/c25-19-13-15(12-18-17(19)4-5-20(18)29)28-9-7-21(24(28)31)33-16-3-6-22(26-14-16)32-11-10-27-8-1-2-23(27)30/h3,6,12-14,21,23,30H,1-2,4-5,7-11H2/t21-,23?/m1/s1. The normalized spacial score (nSPS) is 22.8. The fourth-order valence-corrected chi connectivity index (χ4v) is 4.70. The number of anilines is 1. The van der Waals surface area contributed by atoms with Crippen LogP contribution in [0.15, 0.2) is 30.5 Å². The molecule has 2 atom stereocenters. The molecule has 2 fully saturated rings. The second-order valence-corrected chi connectivity index (χ2v) is 8.60. The van der Waals surface area contributed by atoms with Gasteiger partial charge in [0, 0.05) is 49.8 Å². The number of aliphatic hydroxyl groups excluding tert-OH is 1. The summed E-state index contributed by atoms with van der Waals surface area (Å²) in [5.41, 5.74) is 1.21. The third-order valence-electron chi connectivity index (χ3n) is 6.50. The van der Waals surface area contributed by atoms with Gasteiger partial charge >= 0.3 is 0 Å². The van der Waals surface area contributed by atoms with Gasteiger partial charge in [0.05, 0.1) is 6.20 Å². The number of halogens is 1. The molecule has 1 unspecified atom stereocenters. The molecule has 1 aromatic carbocycles. The molecule has 1 aromatic heterocycles. The van der Waals surface area contributed by atoms with Crippen LogP contribution in [0, 0.1) is 5.82 Å². The number of carbonyl (C=O) groups is 2. The average Bonchev–Trinajstić information content (AvgIpc) is 3.50. The summed E-state index contributed by atoms with van der Waals surface area (Å²) in [6.07, 6.45) is 3.35. The SMILES string of the molecule is O=C1CCc2c(F)cc(N3CC[C@@H](Oc4ccc(OCCN5CCCC5O)nc4)C3=O)cc21. The minimum absolute atomic E-state index is 0.0878. The topological polar surface area (TPSA) is 92.2 Å². The van der Waals surface area contributed by atoms with Gasteiger partial charge in [-0.05, 0) is 43.0 Å². The summed E-state index contributed by atoms with van der Waals surface area (Å²) in [5, 5.41) is 9.81. The summed E-state index contributed by atoms with van der Waals surface area (Å²) < 4.78 is 25.9. The van der Waals surface area contributed by atoms with Crippen molar-refractivity contribution >= 4 is 17.4 Å². The van der Waals surface area contributed by atoms with Crippen LogP contribution in [0.2, 0.25) is 0 Å². The van der Waals surface area contributed by atoms with E-state index in [0.717, 1.165) is 19.4 Å². The van der Waals surface area contributed by atoms with E-state index in [-0.39, 0.29) is 11.7 Å². The van der Waals surface area contributed by atoms with Gasteiger partial charge in [0.15, 0.2) is 11.9 Å². The second kappa shape index (κ2) is 9.07. The molecule has 0 spiro atoms. The van der Waals surface area contributed by atoms with E-state index in [1.165, 1.54) is 17.2 Å². The molecule has 2 aromatic rings. The summed E-state index contributed by atoms with van der Waals surface area (Å²) >= 11 is 0. The van der Waals surface area contributed by atoms with Crippen molar-refractivity contribution in [3.63, 3.8) is 0 Å². The Morgan fingerprint density at radius 2 is 2.03 bits per heavy atom. The Balaban J connectivity index is 1.17. The van der Waals surface area contributed by atoms with Crippen molar-refractivity contribution in [2.24, 2.45) is 0 Å². The first-order valence-corrected chi connectivity index (χ1v) is 11.3. The molecule has 2 aliphatic heterocycles. The highest BCUT2D eigenvalue weighted by molar-refractivity contribution is 6.04. The largest absolute Gasteiger partial charge is 0.479 e. The lowest BCUT2D eigenvalue weighted by atomic mass is 10.1. The highest BCUT2D eigenvalue weighted by Crippen LogP contribution is 2.32. The molecule has 33 heavy (non-hydrogen) atoms. The molecule has 0 saturated carbocycles. The van der Waals surface area contributed by atoms with Crippen LogP contribution in [-0.4, -0.2) is 65.3 Å². The third kappa shape index (κ3) is 4.43. The monoisotopic (exact) mass is 455 g/mol. The number of ether oxygens (including phenoxy) is 2. The maximum Gasteiger partial charge on any atom is 0.268 e. The van der Waals surface area contributed by atoms with Crippen molar-refractivity contribution in [2.45, 2.75) is 44.4 Å². The number of likely N-dealkylation sites (tertiary alicyclic amines) is 1. The quantitative estimate of drug-likeness (QED) is 0.685. The number of benzene rings is 1. The molecule has 174 valence electrons. The van der Waals surface area contributed by atoms with Crippen molar-refractivity contribution in [2.75, 3.05) is 31.1 Å². The van der Waals surface area contributed by atoms with Gasteiger partial charge in [0.1, 0.15) is 24.4 Å². The Morgan fingerprint density at radius 1 is 1.15 bits per heavy atom. The van der Waals surface area contributed by atoms with Gasteiger partial charge in [-0.2, -0.15) is 0 Å². The highest BCUT2D eigenvalue weighted by Gasteiger charge is 2.36. The number of aromatic nitrogens is 1. The van der Waals surface area contributed by atoms with Crippen molar-refractivity contribution in [1.29, 1.82) is 0 Å². The Morgan fingerprint density at radius 3 is 2.79 bits per heavy atom. The lowest BCUT2D eigenvalue weighted by Gasteiger charge is -2.19. The molecule has 0 radical (unpaired) electrons. The van der Waals surface area contributed by atoms with Crippen molar-refractivity contribution < 1.29 is 28.6 Å². The van der Waals surface area contributed by atoms with Crippen LogP contribution < -0.4 is 14.4 Å². The summed E-state index contributed by atoms with van der Waals surface area (Å²) in [4.78, 5) is 32.6. The number of ketones is 1. The van der Waals surface area contributed by atoms with Gasteiger partial charge in [-0.15, -0.1) is 0 Å². The Labute approximate surface area is 190 Å². The fourth-order valence-electron chi connectivity index (χ4n) is 4.70. The number of amides is 1. The lowest BCUT2D eigenvalue weighted by Crippen LogP contribution is -2.33. The average molecular weight is 455 g/mol. The zero-order valence-corrected chi connectivity index (χ0v) is 18.2. The first-order valence-electron chi connectivity index (χ1n) is 11.3. The number of aliphatic hydroxyl groups is 1. The van der Waals surface area contributed by atoms with Crippen molar-refractivity contribution in [1.82, 2.24) is 9.88 Å². The lowest BCUT2D eigenvalue weighted by molar-refractivity contribution is -0.122. The van der Waals surface area contributed by atoms with E-state index in [2.05, 4.69) is 4.98 Å². The van der Waals surface area contributed by atoms with E-state index in [9.17, 15) is 19.1 Å². The van der Waals surface area contributed by atoms with Crippen LogP contribution in [0.1, 0.15) is 41.6 Å². The van der Waals surface area contributed by atoms with Crippen LogP contribution >= 0.6 is 0 Å². The molecule has 2 saturated heterocycles. The summed E-state index contributed by atoms with van der Waals surface area (Å²) in [7, 11) is 0. The van der Waals surface area contributed by atoms with Gasteiger partial charge in [0.2, 0.25) is 5.88 Å². The molecule has 1 aliphatic carbocycles. The predicted octanol–water partition coefficient (Wildman–Crippen LogP) is 2.33. The number of rotatable bonds is 7. The number of nitrogens with zero attached hydrogens (tertiary/aromatic N) is 3. The van der Waals surface area contributed by atoms with E-state index < -0.39 is 18.1 Å². The van der Waals surface area contributed by atoms with E-state index in [4.69, 9.17) is 9.47 Å². The molecule has 8 nitrogen and oxygen atoms in total. The molecule has 0 bridgehead atoms. The summed E-state index contributed by atoms with van der Waals surface area (Å²) in [5.74, 6) is 0.0746. The zero-order valence-electron chi connectivity index (χ0n) is 18.2. The second-order valence-electron chi connectivity index (χ2n) is 8.60. The minimum Gasteiger partial charge on any atom is -0.479 e. The maximum absolute atomic E-state index is 14.4. The molecule has 9 heteroatoms. The van der Waals surface area contributed by atoms with Gasteiger partial charge in [-0.3, -0.25) is 14.5 Å². The Hall–Kier alpha value is -3.04. The maximum atomic E-state index is 14.4. The van der Waals surface area contributed by atoms with E-state index in [1.54, 1.807) is 18.2 Å². The Kier molecular flexibility index (Phi) is 5.99. The van der Waals surface area contributed by atoms with Crippen LogP contribution in [0.5, 0.6) is 11.6 Å². The van der Waals surface area contributed by atoms with Crippen LogP contribution in [-0.2, 0) is 11.2 Å². The van der Waals surface area contributed by atoms with E-state index >= 15 is 0 Å². The first kappa shape index (κ1) is 21.8. The zero-order chi connectivity index (χ0) is 22.9. The number of pyridine rings is 1. The van der Waals surface area contributed by atoms with Gasteiger partial charge in [-0.25, -0.2) is 9.37 Å². The predicted molar refractivity (Wildman–Crippen MR) is 117 cm³/mol. The van der Waals surface area contributed by atoms with E-state index in [0.29, 0.717) is 67.4 Å². The summed E-state index contributed by atoms with van der Waals surface area (Å²) in [6, 6.07) is 6.31. The molecule has 1 amide bonds. The number of carbonyl (C=O) groups excluding carboxylic acids is 2. The first-order chi connectivity index (χ1) is 16.0. The van der Waals surface area contributed by atoms with Crippen LogP contribution in [0.25, 0.3) is 0 Å².